The van der Waals surface area contributed by atoms with E-state index in [1.165, 1.54) is 61.7 Å². The van der Waals surface area contributed by atoms with E-state index in [1.807, 2.05) is 0 Å². The molecule has 2 aliphatic carbocycles. The second-order valence-corrected chi connectivity index (χ2v) is 17.4. The Kier molecular flexibility index (Phi) is 7.05. The zero-order valence-corrected chi connectivity index (χ0v) is 26.0. The third-order valence-corrected chi connectivity index (χ3v) is 14.5. The smallest absolute Gasteiger partial charge is 0.0712 e. The molecule has 0 amide bonds. The van der Waals surface area contributed by atoms with E-state index in [-0.39, 0.29) is 0 Å². The minimum absolute atomic E-state index is 0.535. The Balaban J connectivity index is 1.39. The van der Waals surface area contributed by atoms with E-state index in [0.717, 1.165) is 12.8 Å². The van der Waals surface area contributed by atoms with Crippen LogP contribution in [0.2, 0.25) is 12.6 Å². The first-order valence-electron chi connectivity index (χ1n) is 15.1. The van der Waals surface area contributed by atoms with Crippen LogP contribution in [0.25, 0.3) is 34.4 Å². The van der Waals surface area contributed by atoms with Gasteiger partial charge in [0.15, 0.2) is 0 Å². The Hall–Kier alpha value is -3.42. The normalized spacial score (nSPS) is 14.4. The predicted octanol–water partition coefficient (Wildman–Crippen LogP) is 11.0. The first-order chi connectivity index (χ1) is 19.3. The van der Waals surface area contributed by atoms with E-state index in [1.54, 1.807) is 10.4 Å². The van der Waals surface area contributed by atoms with Crippen LogP contribution >= 0.6 is 0 Å². The number of benzene rings is 4. The summed E-state index contributed by atoms with van der Waals surface area (Å²) in [6, 6.07) is 33.5. The molecule has 0 nitrogen and oxygen atoms in total. The Bertz CT molecular complexity index is 1530. The summed E-state index contributed by atoms with van der Waals surface area (Å²) in [4.78, 5) is 0. The van der Waals surface area contributed by atoms with Crippen molar-refractivity contribution in [3.8, 4) is 22.3 Å². The van der Waals surface area contributed by atoms with Crippen LogP contribution in [0.1, 0.15) is 79.8 Å². The number of rotatable bonds is 7. The third-order valence-electron chi connectivity index (χ3n) is 9.64. The molecule has 1 heteroatoms. The summed E-state index contributed by atoms with van der Waals surface area (Å²) in [6.45, 7) is 14.2. The average Bonchev–Trinajstić information content (AvgIpc) is 3.62. The van der Waals surface area contributed by atoms with Crippen LogP contribution in [0.3, 0.4) is 0 Å². The summed E-state index contributed by atoms with van der Waals surface area (Å²) >= 11 is 0. The number of hydrogen-bond donors (Lipinski definition) is 0. The SMILES string of the molecule is CC[Si](C)(C1=Cc2c(cccc2-c2cccc(C(C)C)c2)C1)C1=Cc2c(cccc2-c2cccc(C(C)C)c2)C1. The molecule has 40 heavy (non-hydrogen) atoms. The van der Waals surface area contributed by atoms with E-state index in [2.05, 4.69) is 138 Å². The molecule has 0 radical (unpaired) electrons. The van der Waals surface area contributed by atoms with Crippen LogP contribution in [0.15, 0.2) is 95.3 Å². The molecule has 6 rings (SSSR count). The quantitative estimate of drug-likeness (QED) is 0.205. The van der Waals surface area contributed by atoms with Crippen molar-refractivity contribution in [2.24, 2.45) is 0 Å². The van der Waals surface area contributed by atoms with Gasteiger partial charge in [-0.15, -0.1) is 0 Å². The minimum Gasteiger partial charge on any atom is -0.0712 e. The predicted molar refractivity (Wildman–Crippen MR) is 177 cm³/mol. The van der Waals surface area contributed by atoms with Gasteiger partial charge in [-0.3, -0.25) is 0 Å². The third kappa shape index (κ3) is 4.65. The number of hydrogen-bond acceptors (Lipinski definition) is 0. The highest BCUT2D eigenvalue weighted by atomic mass is 28.3. The summed E-state index contributed by atoms with van der Waals surface area (Å²) in [5.74, 6) is 1.07. The molecular formula is C39H42Si. The highest BCUT2D eigenvalue weighted by Gasteiger charge is 2.38. The zero-order valence-electron chi connectivity index (χ0n) is 25.0. The van der Waals surface area contributed by atoms with Crippen molar-refractivity contribution in [2.75, 3.05) is 0 Å². The molecule has 0 saturated heterocycles. The van der Waals surface area contributed by atoms with Gasteiger partial charge in [0.05, 0.1) is 0 Å². The van der Waals surface area contributed by atoms with Gasteiger partial charge in [-0.1, -0.05) is 155 Å². The molecule has 4 aromatic carbocycles. The van der Waals surface area contributed by atoms with Gasteiger partial charge >= 0.3 is 0 Å². The molecule has 0 aliphatic heterocycles. The Morgan fingerprint density at radius 3 is 1.43 bits per heavy atom. The summed E-state index contributed by atoms with van der Waals surface area (Å²) < 4.78 is 0. The highest BCUT2D eigenvalue weighted by Crippen LogP contribution is 2.45. The van der Waals surface area contributed by atoms with Crippen molar-refractivity contribution in [3.63, 3.8) is 0 Å². The molecule has 202 valence electrons. The molecule has 0 N–H and O–H groups in total. The van der Waals surface area contributed by atoms with Gasteiger partial charge in [0.2, 0.25) is 0 Å². The van der Waals surface area contributed by atoms with E-state index >= 15 is 0 Å². The molecule has 4 aromatic rings. The van der Waals surface area contributed by atoms with Crippen molar-refractivity contribution < 1.29 is 0 Å². The molecule has 0 bridgehead atoms. The maximum Gasteiger partial charge on any atom is 0.106 e. The fourth-order valence-corrected chi connectivity index (χ4v) is 10.1. The minimum atomic E-state index is -1.84. The summed E-state index contributed by atoms with van der Waals surface area (Å²) in [7, 11) is -1.84. The van der Waals surface area contributed by atoms with Gasteiger partial charge in [-0.2, -0.15) is 0 Å². The Morgan fingerprint density at radius 2 is 1.02 bits per heavy atom. The Morgan fingerprint density at radius 1 is 0.600 bits per heavy atom. The van der Waals surface area contributed by atoms with E-state index in [4.69, 9.17) is 0 Å². The van der Waals surface area contributed by atoms with Gasteiger partial charge in [0.25, 0.3) is 0 Å². The largest absolute Gasteiger partial charge is 0.106 e. The molecular weight excluding hydrogens is 497 g/mol. The first kappa shape index (κ1) is 26.8. The maximum absolute atomic E-state index is 2.63. The van der Waals surface area contributed by atoms with Crippen molar-refractivity contribution >= 4 is 20.2 Å². The standard InChI is InChI=1S/C39H42Si/c1-7-40(6,34-22-32-16-10-18-36(38(32)24-34)30-14-8-12-28(20-30)26(2)3)35-23-33-17-11-19-37(39(33)25-35)31-15-9-13-29(21-31)27(4)5/h8-21,24-27H,7,22-23H2,1-6H3. The van der Waals surface area contributed by atoms with Crippen molar-refractivity contribution in [3.05, 3.63) is 129 Å². The van der Waals surface area contributed by atoms with Gasteiger partial charge in [-0.25, -0.2) is 0 Å². The number of fused-ring (bicyclic) bond motifs is 2. The molecule has 2 aliphatic rings. The fourth-order valence-electron chi connectivity index (χ4n) is 6.74. The van der Waals surface area contributed by atoms with Crippen molar-refractivity contribution in [1.29, 1.82) is 0 Å². The lowest BCUT2D eigenvalue weighted by atomic mass is 9.93. The topological polar surface area (TPSA) is 0 Å². The lowest BCUT2D eigenvalue weighted by Gasteiger charge is -2.30. The number of allylic oxidation sites excluding steroid dienone is 2. The van der Waals surface area contributed by atoms with Gasteiger partial charge in [0.1, 0.15) is 8.07 Å². The second kappa shape index (κ2) is 10.5. The van der Waals surface area contributed by atoms with E-state index in [0.29, 0.717) is 11.8 Å². The lowest BCUT2D eigenvalue weighted by Crippen LogP contribution is -2.35. The molecule has 0 aromatic heterocycles. The molecule has 0 atom stereocenters. The van der Waals surface area contributed by atoms with Crippen LogP contribution in [0.5, 0.6) is 0 Å². The summed E-state index contributed by atoms with van der Waals surface area (Å²) in [5.41, 5.74) is 14.2. The molecule has 0 saturated carbocycles. The van der Waals surface area contributed by atoms with Crippen LogP contribution in [-0.4, -0.2) is 8.07 Å². The molecule has 0 fully saturated rings. The van der Waals surface area contributed by atoms with Crippen LogP contribution in [-0.2, 0) is 12.8 Å². The van der Waals surface area contributed by atoms with E-state index in [9.17, 15) is 0 Å². The molecule has 0 unspecified atom stereocenters. The van der Waals surface area contributed by atoms with Crippen molar-refractivity contribution in [2.45, 2.75) is 71.9 Å². The first-order valence-corrected chi connectivity index (χ1v) is 17.9. The van der Waals surface area contributed by atoms with Crippen LogP contribution in [0, 0.1) is 0 Å². The average molecular weight is 539 g/mol. The van der Waals surface area contributed by atoms with Gasteiger partial charge < -0.3 is 0 Å². The fraction of sp³-hybridized carbons (Fsp3) is 0.282. The molecule has 0 heterocycles. The monoisotopic (exact) mass is 538 g/mol. The maximum atomic E-state index is 2.63. The van der Waals surface area contributed by atoms with Crippen LogP contribution in [0.4, 0.5) is 0 Å². The molecule has 0 spiro atoms. The zero-order chi connectivity index (χ0) is 28.0. The van der Waals surface area contributed by atoms with Crippen LogP contribution < -0.4 is 0 Å². The summed E-state index contributed by atoms with van der Waals surface area (Å²) in [6.07, 6.45) is 7.39. The lowest BCUT2D eigenvalue weighted by molar-refractivity contribution is 0.867. The Labute approximate surface area is 242 Å². The summed E-state index contributed by atoms with van der Waals surface area (Å²) in [5, 5.41) is 3.39. The van der Waals surface area contributed by atoms with Crippen molar-refractivity contribution in [1.82, 2.24) is 0 Å². The van der Waals surface area contributed by atoms with E-state index < -0.39 is 8.07 Å². The van der Waals surface area contributed by atoms with Gasteiger partial charge in [0, 0.05) is 0 Å². The highest BCUT2D eigenvalue weighted by molar-refractivity contribution is 6.93. The van der Waals surface area contributed by atoms with Gasteiger partial charge in [-0.05, 0) is 80.3 Å². The second-order valence-electron chi connectivity index (χ2n) is 12.7.